The molecular weight excluding hydrogens is 190 g/mol. The highest BCUT2D eigenvalue weighted by atomic mass is 16.5. The van der Waals surface area contributed by atoms with Crippen molar-refractivity contribution in [3.8, 4) is 0 Å². The van der Waals surface area contributed by atoms with E-state index < -0.39 is 0 Å². The monoisotopic (exact) mass is 209 g/mol. The van der Waals surface area contributed by atoms with E-state index in [1.807, 2.05) is 25.2 Å². The smallest absolute Gasteiger partial charge is 0.0936 e. The number of methoxy groups -OCH3 is 1. The van der Waals surface area contributed by atoms with Crippen molar-refractivity contribution in [3.63, 3.8) is 0 Å². The zero-order valence-electron chi connectivity index (χ0n) is 9.40. The van der Waals surface area contributed by atoms with Crippen LogP contribution in [0.15, 0.2) is 30.3 Å². The van der Waals surface area contributed by atoms with Crippen LogP contribution in [0.25, 0.3) is 0 Å². The lowest BCUT2D eigenvalue weighted by Gasteiger charge is -2.16. The molecule has 0 aromatic heterocycles. The van der Waals surface area contributed by atoms with Gasteiger partial charge in [0.25, 0.3) is 0 Å². The molecule has 0 aliphatic carbocycles. The van der Waals surface area contributed by atoms with E-state index in [0.717, 1.165) is 6.54 Å². The number of hydrogen-bond acceptors (Lipinski definition) is 3. The molecule has 1 rings (SSSR count). The maximum absolute atomic E-state index is 5.72. The average Bonchev–Trinajstić information content (AvgIpc) is 2.28. The van der Waals surface area contributed by atoms with Gasteiger partial charge in [0.2, 0.25) is 0 Å². The molecule has 15 heavy (non-hydrogen) atoms. The summed E-state index contributed by atoms with van der Waals surface area (Å²) in [4.78, 5) is 0. The summed E-state index contributed by atoms with van der Waals surface area (Å²) in [5.74, 6) is 0. The molecule has 1 atom stereocenters. The standard InChI is InChI=1S/C12H19NO2/c1-13-8-12(10-14-2)15-9-11-6-4-3-5-7-11/h3-7,12-13H,8-10H2,1-2H3. The summed E-state index contributed by atoms with van der Waals surface area (Å²) in [5, 5.41) is 3.08. The highest BCUT2D eigenvalue weighted by Gasteiger charge is 2.07. The molecule has 1 aromatic carbocycles. The first-order valence-electron chi connectivity index (χ1n) is 5.16. The van der Waals surface area contributed by atoms with E-state index in [9.17, 15) is 0 Å². The molecular formula is C12H19NO2. The summed E-state index contributed by atoms with van der Waals surface area (Å²) >= 11 is 0. The topological polar surface area (TPSA) is 30.5 Å². The molecule has 0 spiro atoms. The van der Waals surface area contributed by atoms with Gasteiger partial charge >= 0.3 is 0 Å². The summed E-state index contributed by atoms with van der Waals surface area (Å²) in [6.45, 7) is 2.06. The van der Waals surface area contributed by atoms with Gasteiger partial charge in [0.1, 0.15) is 0 Å². The summed E-state index contributed by atoms with van der Waals surface area (Å²) in [7, 11) is 3.60. The SMILES string of the molecule is CNCC(COC)OCc1ccccc1. The Labute approximate surface area is 91.4 Å². The predicted molar refractivity (Wildman–Crippen MR) is 60.8 cm³/mol. The minimum Gasteiger partial charge on any atom is -0.382 e. The first kappa shape index (κ1) is 12.2. The Kier molecular flexibility index (Phi) is 6.00. The normalized spacial score (nSPS) is 12.7. The molecule has 3 nitrogen and oxygen atoms in total. The molecule has 84 valence electrons. The molecule has 0 bridgehead atoms. The van der Waals surface area contributed by atoms with Gasteiger partial charge in [-0.05, 0) is 12.6 Å². The van der Waals surface area contributed by atoms with Gasteiger partial charge in [-0.15, -0.1) is 0 Å². The maximum atomic E-state index is 5.72. The van der Waals surface area contributed by atoms with Crippen molar-refractivity contribution in [2.24, 2.45) is 0 Å². The second-order valence-corrected chi connectivity index (χ2v) is 3.43. The van der Waals surface area contributed by atoms with E-state index in [2.05, 4.69) is 17.4 Å². The number of hydrogen-bond donors (Lipinski definition) is 1. The lowest BCUT2D eigenvalue weighted by atomic mass is 10.2. The van der Waals surface area contributed by atoms with E-state index >= 15 is 0 Å². The molecule has 0 amide bonds. The van der Waals surface area contributed by atoms with Crippen molar-refractivity contribution >= 4 is 0 Å². The summed E-state index contributed by atoms with van der Waals surface area (Å²) in [6.07, 6.45) is 0.111. The van der Waals surface area contributed by atoms with Crippen molar-refractivity contribution in [3.05, 3.63) is 35.9 Å². The van der Waals surface area contributed by atoms with Gasteiger partial charge in [0.15, 0.2) is 0 Å². The zero-order valence-corrected chi connectivity index (χ0v) is 9.40. The molecule has 0 aliphatic rings. The zero-order chi connectivity index (χ0) is 10.9. The minimum absolute atomic E-state index is 0.111. The van der Waals surface area contributed by atoms with Gasteiger partial charge in [0, 0.05) is 13.7 Å². The summed E-state index contributed by atoms with van der Waals surface area (Å²) < 4.78 is 10.8. The quantitative estimate of drug-likeness (QED) is 0.737. The lowest BCUT2D eigenvalue weighted by molar-refractivity contribution is -0.00919. The van der Waals surface area contributed by atoms with Crippen LogP contribution >= 0.6 is 0 Å². The number of nitrogens with one attached hydrogen (secondary N) is 1. The van der Waals surface area contributed by atoms with E-state index in [1.165, 1.54) is 5.56 Å². The van der Waals surface area contributed by atoms with Gasteiger partial charge in [-0.1, -0.05) is 30.3 Å². The van der Waals surface area contributed by atoms with Gasteiger partial charge < -0.3 is 14.8 Å². The van der Waals surface area contributed by atoms with Crippen molar-refractivity contribution in [2.75, 3.05) is 27.3 Å². The Morgan fingerprint density at radius 1 is 1.27 bits per heavy atom. The van der Waals surface area contributed by atoms with Crippen LogP contribution in [0.1, 0.15) is 5.56 Å². The fourth-order valence-electron chi connectivity index (χ4n) is 1.37. The van der Waals surface area contributed by atoms with E-state index in [1.54, 1.807) is 7.11 Å². The molecule has 0 saturated carbocycles. The minimum atomic E-state index is 0.111. The van der Waals surface area contributed by atoms with Crippen LogP contribution < -0.4 is 5.32 Å². The number of ether oxygens (including phenoxy) is 2. The Balaban J connectivity index is 2.33. The molecule has 1 N–H and O–H groups in total. The van der Waals surface area contributed by atoms with E-state index in [4.69, 9.17) is 9.47 Å². The fraction of sp³-hybridized carbons (Fsp3) is 0.500. The third kappa shape index (κ3) is 4.93. The van der Waals surface area contributed by atoms with Gasteiger partial charge in [-0.25, -0.2) is 0 Å². The Hall–Kier alpha value is -0.900. The lowest BCUT2D eigenvalue weighted by Crippen LogP contribution is -2.30. The Bertz CT molecular complexity index is 245. The first-order chi connectivity index (χ1) is 7.36. The molecule has 0 aliphatic heterocycles. The van der Waals surface area contributed by atoms with Crippen molar-refractivity contribution in [1.29, 1.82) is 0 Å². The number of rotatable bonds is 7. The molecule has 1 unspecified atom stereocenters. The Morgan fingerprint density at radius 2 is 2.00 bits per heavy atom. The van der Waals surface area contributed by atoms with E-state index in [-0.39, 0.29) is 6.10 Å². The van der Waals surface area contributed by atoms with Crippen LogP contribution in [-0.2, 0) is 16.1 Å². The number of benzene rings is 1. The second-order valence-electron chi connectivity index (χ2n) is 3.43. The molecule has 0 heterocycles. The Morgan fingerprint density at radius 3 is 2.60 bits per heavy atom. The van der Waals surface area contributed by atoms with Crippen molar-refractivity contribution in [1.82, 2.24) is 5.32 Å². The third-order valence-electron chi connectivity index (χ3n) is 2.11. The highest BCUT2D eigenvalue weighted by Crippen LogP contribution is 2.03. The highest BCUT2D eigenvalue weighted by molar-refractivity contribution is 5.13. The molecule has 1 aromatic rings. The van der Waals surface area contributed by atoms with Crippen LogP contribution in [0.2, 0.25) is 0 Å². The van der Waals surface area contributed by atoms with E-state index in [0.29, 0.717) is 13.2 Å². The van der Waals surface area contributed by atoms with Gasteiger partial charge in [-0.3, -0.25) is 0 Å². The largest absolute Gasteiger partial charge is 0.382 e. The van der Waals surface area contributed by atoms with Crippen LogP contribution in [-0.4, -0.2) is 33.4 Å². The van der Waals surface area contributed by atoms with Crippen LogP contribution in [0, 0.1) is 0 Å². The molecule has 3 heteroatoms. The van der Waals surface area contributed by atoms with Gasteiger partial charge in [0.05, 0.1) is 19.3 Å². The summed E-state index contributed by atoms with van der Waals surface area (Å²) in [5.41, 5.74) is 1.19. The average molecular weight is 209 g/mol. The fourth-order valence-corrected chi connectivity index (χ4v) is 1.37. The van der Waals surface area contributed by atoms with Crippen LogP contribution in [0.5, 0.6) is 0 Å². The van der Waals surface area contributed by atoms with Crippen LogP contribution in [0.3, 0.4) is 0 Å². The molecule has 0 radical (unpaired) electrons. The van der Waals surface area contributed by atoms with Crippen LogP contribution in [0.4, 0.5) is 0 Å². The number of likely N-dealkylation sites (N-methyl/N-ethyl adjacent to an activating group) is 1. The second kappa shape index (κ2) is 7.40. The molecule has 0 fully saturated rings. The third-order valence-corrected chi connectivity index (χ3v) is 2.11. The van der Waals surface area contributed by atoms with Crippen molar-refractivity contribution < 1.29 is 9.47 Å². The van der Waals surface area contributed by atoms with Crippen molar-refractivity contribution in [2.45, 2.75) is 12.7 Å². The maximum Gasteiger partial charge on any atom is 0.0936 e. The van der Waals surface area contributed by atoms with Gasteiger partial charge in [-0.2, -0.15) is 0 Å². The molecule has 0 saturated heterocycles. The first-order valence-corrected chi connectivity index (χ1v) is 5.16. The summed E-state index contributed by atoms with van der Waals surface area (Å²) in [6, 6.07) is 10.2. The predicted octanol–water partition coefficient (Wildman–Crippen LogP) is 1.44.